The number of nitrogens with zero attached hydrogens (tertiary/aromatic N) is 3. The Hall–Kier alpha value is -2.80. The Morgan fingerprint density at radius 3 is 2.79 bits per heavy atom. The van der Waals surface area contributed by atoms with Gasteiger partial charge in [0.2, 0.25) is 5.28 Å². The summed E-state index contributed by atoms with van der Waals surface area (Å²) in [5.41, 5.74) is 4.75. The van der Waals surface area contributed by atoms with Gasteiger partial charge in [-0.25, -0.2) is 19.3 Å². The van der Waals surface area contributed by atoms with Gasteiger partial charge >= 0.3 is 0 Å². The van der Waals surface area contributed by atoms with Crippen molar-refractivity contribution >= 4 is 34.7 Å². The molecule has 3 heterocycles. The Morgan fingerprint density at radius 1 is 1.21 bits per heavy atom. The van der Waals surface area contributed by atoms with Crippen LogP contribution >= 0.6 is 11.6 Å². The maximum absolute atomic E-state index is 15.4. The number of halogens is 2. The van der Waals surface area contributed by atoms with Crippen molar-refractivity contribution in [2.24, 2.45) is 0 Å². The number of hydrogen-bond donors (Lipinski definition) is 2. The molecule has 0 spiro atoms. The fourth-order valence-electron chi connectivity index (χ4n) is 3.81. The Bertz CT molecular complexity index is 1050. The van der Waals surface area contributed by atoms with Crippen LogP contribution in [-0.4, -0.2) is 27.4 Å². The van der Waals surface area contributed by atoms with Crippen molar-refractivity contribution in [2.75, 3.05) is 11.9 Å². The predicted octanol–water partition coefficient (Wildman–Crippen LogP) is 3.96. The van der Waals surface area contributed by atoms with E-state index in [1.165, 1.54) is 6.20 Å². The average molecular weight is 400 g/mol. The first-order valence-corrected chi connectivity index (χ1v) is 9.45. The summed E-state index contributed by atoms with van der Waals surface area (Å²) in [7, 11) is 0. The lowest BCUT2D eigenvalue weighted by Gasteiger charge is -2.27. The molecular formula is C20H19ClFN5O. The highest BCUT2D eigenvalue weighted by atomic mass is 35.5. The number of carbonyl (C=O) groups excluding carboxylic acids is 1. The number of fused-ring (bicyclic) bond motifs is 1. The van der Waals surface area contributed by atoms with Gasteiger partial charge in [0.1, 0.15) is 5.82 Å². The second-order valence-corrected chi connectivity index (χ2v) is 7.26. The largest absolute Gasteiger partial charge is 0.352 e. The zero-order valence-corrected chi connectivity index (χ0v) is 16.3. The van der Waals surface area contributed by atoms with E-state index in [2.05, 4.69) is 25.6 Å². The quantitative estimate of drug-likeness (QED) is 0.763. The number of aromatic nitrogens is 3. The topological polar surface area (TPSA) is 79.8 Å². The van der Waals surface area contributed by atoms with Crippen LogP contribution in [-0.2, 0) is 11.2 Å². The van der Waals surface area contributed by atoms with Crippen LogP contribution in [0.25, 0.3) is 5.57 Å². The second kappa shape index (κ2) is 7.31. The summed E-state index contributed by atoms with van der Waals surface area (Å²) in [5.74, 6) is -0.122. The van der Waals surface area contributed by atoms with Crippen molar-refractivity contribution in [3.63, 3.8) is 0 Å². The van der Waals surface area contributed by atoms with Gasteiger partial charge in [-0.15, -0.1) is 0 Å². The van der Waals surface area contributed by atoms with E-state index < -0.39 is 5.82 Å². The fourth-order valence-corrected chi connectivity index (χ4v) is 3.95. The molecule has 28 heavy (non-hydrogen) atoms. The third-order valence-corrected chi connectivity index (χ3v) is 5.37. The van der Waals surface area contributed by atoms with Crippen molar-refractivity contribution in [3.8, 4) is 0 Å². The van der Waals surface area contributed by atoms with Gasteiger partial charge in [-0.2, -0.15) is 0 Å². The molecule has 1 aliphatic heterocycles. The van der Waals surface area contributed by atoms with E-state index in [1.54, 1.807) is 12.3 Å². The summed E-state index contributed by atoms with van der Waals surface area (Å²) in [6.45, 7) is 4.48. The van der Waals surface area contributed by atoms with Gasteiger partial charge in [0.05, 0.1) is 0 Å². The van der Waals surface area contributed by atoms with Crippen LogP contribution in [0.1, 0.15) is 37.8 Å². The first-order chi connectivity index (χ1) is 13.5. The van der Waals surface area contributed by atoms with Crippen LogP contribution in [0.3, 0.4) is 0 Å². The molecule has 2 aromatic heterocycles. The Kier molecular flexibility index (Phi) is 4.85. The highest BCUT2D eigenvalue weighted by Crippen LogP contribution is 2.39. The number of anilines is 2. The van der Waals surface area contributed by atoms with Crippen LogP contribution in [0, 0.1) is 5.82 Å². The van der Waals surface area contributed by atoms with E-state index >= 15 is 4.39 Å². The van der Waals surface area contributed by atoms with Crippen LogP contribution in [0.4, 0.5) is 16.0 Å². The zero-order chi connectivity index (χ0) is 19.8. The van der Waals surface area contributed by atoms with Gasteiger partial charge < -0.3 is 10.6 Å². The number of pyridine rings is 1. The Morgan fingerprint density at radius 2 is 2.04 bits per heavy atom. The third-order valence-electron chi connectivity index (χ3n) is 5.18. The molecule has 0 bridgehead atoms. The molecule has 8 heteroatoms. The lowest BCUT2D eigenvalue weighted by Crippen LogP contribution is -2.32. The monoisotopic (exact) mass is 399 g/mol. The summed E-state index contributed by atoms with van der Waals surface area (Å²) < 4.78 is 15.4. The second-order valence-electron chi connectivity index (χ2n) is 6.92. The number of allylic oxidation sites excluding steroid dienone is 1. The summed E-state index contributed by atoms with van der Waals surface area (Å²) in [4.78, 5) is 24.5. The van der Waals surface area contributed by atoms with Crippen LogP contribution in [0.15, 0.2) is 35.2 Å². The van der Waals surface area contributed by atoms with Crippen molar-refractivity contribution in [2.45, 2.75) is 33.1 Å². The molecule has 0 unspecified atom stereocenters. The Balaban J connectivity index is 1.79. The highest BCUT2D eigenvalue weighted by Gasteiger charge is 2.28. The normalized spacial score (nSPS) is 16.8. The van der Waals surface area contributed by atoms with Crippen molar-refractivity contribution < 1.29 is 9.18 Å². The molecule has 1 amide bonds. The van der Waals surface area contributed by atoms with E-state index in [-0.39, 0.29) is 17.0 Å². The molecule has 2 aliphatic rings. The smallest absolute Gasteiger partial charge is 0.251 e. The van der Waals surface area contributed by atoms with E-state index in [4.69, 9.17) is 11.6 Å². The minimum Gasteiger partial charge on any atom is -0.352 e. The molecule has 2 N–H and O–H groups in total. The number of hydrogen-bond acceptors (Lipinski definition) is 5. The molecule has 2 aromatic rings. The van der Waals surface area contributed by atoms with Gasteiger partial charge in [-0.05, 0) is 67.5 Å². The molecule has 144 valence electrons. The fraction of sp³-hybridized carbons (Fsp3) is 0.300. The van der Waals surface area contributed by atoms with E-state index in [1.807, 2.05) is 13.8 Å². The van der Waals surface area contributed by atoms with Gasteiger partial charge in [-0.1, -0.05) is 5.57 Å². The summed E-state index contributed by atoms with van der Waals surface area (Å²) in [6.07, 6.45) is 5.29. The maximum Gasteiger partial charge on any atom is 0.251 e. The average Bonchev–Trinajstić information content (AvgIpc) is 2.65. The van der Waals surface area contributed by atoms with Crippen molar-refractivity contribution in [3.05, 3.63) is 57.4 Å². The molecule has 6 nitrogen and oxygen atoms in total. The number of amides is 1. The van der Waals surface area contributed by atoms with Gasteiger partial charge in [0.25, 0.3) is 5.91 Å². The van der Waals surface area contributed by atoms with Crippen molar-refractivity contribution in [1.29, 1.82) is 0 Å². The third kappa shape index (κ3) is 3.26. The maximum atomic E-state index is 15.4. The van der Waals surface area contributed by atoms with Crippen LogP contribution in [0.5, 0.6) is 0 Å². The highest BCUT2D eigenvalue weighted by molar-refractivity contribution is 6.28. The SMILES string of the molecule is CC1=C(C2=C(C)c3c(cnc(Nc4ccnc(Cl)n4)c3F)CC2)C(=O)NCC1. The minimum absolute atomic E-state index is 0.0625. The molecule has 0 saturated heterocycles. The molecular weight excluding hydrogens is 381 g/mol. The molecule has 0 fully saturated rings. The minimum atomic E-state index is -0.462. The molecule has 0 radical (unpaired) electrons. The number of nitrogens with one attached hydrogen (secondary N) is 2. The summed E-state index contributed by atoms with van der Waals surface area (Å²) in [5, 5.41) is 5.81. The first-order valence-electron chi connectivity index (χ1n) is 9.07. The van der Waals surface area contributed by atoms with Gasteiger partial charge in [0, 0.05) is 30.1 Å². The lowest BCUT2D eigenvalue weighted by molar-refractivity contribution is -0.117. The van der Waals surface area contributed by atoms with Crippen LogP contribution < -0.4 is 10.6 Å². The molecule has 1 aliphatic carbocycles. The molecule has 0 atom stereocenters. The van der Waals surface area contributed by atoms with E-state index in [0.717, 1.165) is 28.7 Å². The van der Waals surface area contributed by atoms with Gasteiger partial charge in [0.15, 0.2) is 11.6 Å². The molecule has 4 rings (SSSR count). The summed E-state index contributed by atoms with van der Waals surface area (Å²) >= 11 is 5.80. The number of aryl methyl sites for hydroxylation is 1. The number of rotatable bonds is 3. The lowest BCUT2D eigenvalue weighted by atomic mass is 9.81. The standard InChI is InChI=1S/C20H19ClFN5O/c1-10-5-7-23-19(28)15(10)13-4-3-12-9-25-18(17(22)16(12)11(13)2)26-14-6-8-24-20(21)27-14/h6,8-9H,3-5,7H2,1-2H3,(H,23,28)(H,24,25,26,27). The Labute approximate surface area is 167 Å². The van der Waals surface area contributed by atoms with E-state index in [0.29, 0.717) is 36.3 Å². The number of carbonyl (C=O) groups is 1. The first kappa shape index (κ1) is 18.6. The van der Waals surface area contributed by atoms with Crippen molar-refractivity contribution in [1.82, 2.24) is 20.3 Å². The predicted molar refractivity (Wildman–Crippen MR) is 106 cm³/mol. The summed E-state index contributed by atoms with van der Waals surface area (Å²) in [6, 6.07) is 1.58. The van der Waals surface area contributed by atoms with E-state index in [9.17, 15) is 4.79 Å². The van der Waals surface area contributed by atoms with Crippen LogP contribution in [0.2, 0.25) is 5.28 Å². The molecule has 0 aromatic carbocycles. The zero-order valence-electron chi connectivity index (χ0n) is 15.6. The van der Waals surface area contributed by atoms with Gasteiger partial charge in [-0.3, -0.25) is 4.79 Å². The molecule has 0 saturated carbocycles.